The summed E-state index contributed by atoms with van der Waals surface area (Å²) in [6.45, 7) is 3.42. The van der Waals surface area contributed by atoms with Crippen LogP contribution in [0.2, 0.25) is 0 Å². The smallest absolute Gasteiger partial charge is 0.411 e. The summed E-state index contributed by atoms with van der Waals surface area (Å²) in [5.41, 5.74) is 4.91. The van der Waals surface area contributed by atoms with E-state index >= 15 is 0 Å². The minimum absolute atomic E-state index is 0.0529. The van der Waals surface area contributed by atoms with Gasteiger partial charge in [0.15, 0.2) is 12.4 Å². The van der Waals surface area contributed by atoms with E-state index in [1.54, 1.807) is 18.0 Å². The first-order chi connectivity index (χ1) is 28.6. The maximum absolute atomic E-state index is 12.9. The van der Waals surface area contributed by atoms with Crippen LogP contribution in [0.15, 0.2) is 91.0 Å². The van der Waals surface area contributed by atoms with Gasteiger partial charge in [0.05, 0.1) is 11.8 Å². The zero-order valence-corrected chi connectivity index (χ0v) is 33.2. The molecule has 14 heteroatoms. The zero-order valence-electron chi connectivity index (χ0n) is 33.2. The molecule has 14 nitrogen and oxygen atoms in total. The average Bonchev–Trinajstić information content (AvgIpc) is 3.79. The van der Waals surface area contributed by atoms with Crippen molar-refractivity contribution in [1.29, 1.82) is 0 Å². The molecular formula is C45H52N6O8. The predicted octanol–water partition coefficient (Wildman–Crippen LogP) is 5.74. The van der Waals surface area contributed by atoms with Crippen molar-refractivity contribution in [1.82, 2.24) is 15.1 Å². The molecule has 2 fully saturated rings. The van der Waals surface area contributed by atoms with Gasteiger partial charge in [-0.2, -0.15) is 0 Å². The van der Waals surface area contributed by atoms with Gasteiger partial charge in [-0.15, -0.1) is 0 Å². The van der Waals surface area contributed by atoms with Crippen molar-refractivity contribution in [3.8, 4) is 22.6 Å². The highest BCUT2D eigenvalue weighted by atomic mass is 16.6. The second kappa shape index (κ2) is 19.2. The summed E-state index contributed by atoms with van der Waals surface area (Å²) in [5, 5.41) is 32.4. The molecule has 3 unspecified atom stereocenters. The van der Waals surface area contributed by atoms with Crippen LogP contribution in [0.5, 0.6) is 11.5 Å². The Balaban J connectivity index is 0.748. The number of likely N-dealkylation sites (tertiary alicyclic amines) is 1. The SMILES string of the molecule is CN(CCCC(=O)Nc1ccc(CNCC(O)c2ccc(O)c3c2OCC(=O)N3)cc1)C(=O)CCN1CC2CC(OC(=O)Nc3ccccc3-c3ccccc3)CC2C1. The molecule has 4 amide bonds. The van der Waals surface area contributed by atoms with Crippen molar-refractivity contribution in [2.75, 3.05) is 62.3 Å². The molecule has 7 rings (SSSR count). The lowest BCUT2D eigenvalue weighted by molar-refractivity contribution is -0.130. The van der Waals surface area contributed by atoms with E-state index in [2.05, 4.69) is 26.2 Å². The van der Waals surface area contributed by atoms with E-state index in [1.807, 2.05) is 78.9 Å². The van der Waals surface area contributed by atoms with Gasteiger partial charge in [0.25, 0.3) is 5.91 Å². The van der Waals surface area contributed by atoms with Gasteiger partial charge < -0.3 is 45.4 Å². The number of fused-ring (bicyclic) bond motifs is 2. The number of phenolic OH excluding ortho intramolecular Hbond substituents is 1. The molecule has 1 saturated heterocycles. The maximum Gasteiger partial charge on any atom is 0.411 e. The molecule has 3 aliphatic rings. The molecule has 2 heterocycles. The second-order valence-electron chi connectivity index (χ2n) is 15.6. The van der Waals surface area contributed by atoms with Crippen molar-refractivity contribution < 1.29 is 38.9 Å². The molecule has 0 aromatic heterocycles. The molecule has 4 aromatic rings. The average molecular weight is 805 g/mol. The first-order valence-electron chi connectivity index (χ1n) is 20.2. The van der Waals surface area contributed by atoms with Crippen molar-refractivity contribution >= 4 is 40.9 Å². The molecule has 0 spiro atoms. The minimum Gasteiger partial charge on any atom is -0.506 e. The Kier molecular flexibility index (Phi) is 13.4. The first-order valence-corrected chi connectivity index (χ1v) is 20.2. The second-order valence-corrected chi connectivity index (χ2v) is 15.6. The molecular weight excluding hydrogens is 753 g/mol. The molecule has 0 bridgehead atoms. The number of nitrogens with zero attached hydrogens (tertiary/aromatic N) is 2. The highest BCUT2D eigenvalue weighted by Crippen LogP contribution is 2.42. The fourth-order valence-corrected chi connectivity index (χ4v) is 8.25. The third kappa shape index (κ3) is 10.8. The number of amides is 4. The van der Waals surface area contributed by atoms with Crippen LogP contribution in [-0.4, -0.2) is 96.3 Å². The number of carbonyl (C=O) groups is 4. The topological polar surface area (TPSA) is 182 Å². The molecule has 1 aliphatic carbocycles. The van der Waals surface area contributed by atoms with Gasteiger partial charge >= 0.3 is 6.09 Å². The van der Waals surface area contributed by atoms with E-state index in [0.29, 0.717) is 55.6 Å². The molecule has 310 valence electrons. The summed E-state index contributed by atoms with van der Waals surface area (Å²) in [6.07, 6.45) is 1.39. The number of nitrogens with one attached hydrogen (secondary N) is 4. The van der Waals surface area contributed by atoms with Gasteiger partial charge in [-0.05, 0) is 72.6 Å². The number of aliphatic hydroxyl groups is 1. The van der Waals surface area contributed by atoms with Crippen LogP contribution in [0, 0.1) is 11.8 Å². The van der Waals surface area contributed by atoms with Crippen molar-refractivity contribution in [3.05, 3.63) is 102 Å². The molecule has 3 atom stereocenters. The van der Waals surface area contributed by atoms with Crippen LogP contribution in [0.4, 0.5) is 21.9 Å². The number of ether oxygens (including phenoxy) is 2. The Morgan fingerprint density at radius 2 is 1.66 bits per heavy atom. The van der Waals surface area contributed by atoms with Gasteiger partial charge in [0, 0.05) is 76.0 Å². The number of rotatable bonds is 16. The van der Waals surface area contributed by atoms with Crippen molar-refractivity contribution in [3.63, 3.8) is 0 Å². The van der Waals surface area contributed by atoms with E-state index in [9.17, 15) is 29.4 Å². The standard InChI is InChI=1S/C45H52N6O8/c1-50(20-7-12-40(54)47-33-15-13-29(14-16-33)24-46-25-39(53)36-17-18-38(52)43-44(36)58-28-41(55)49-43)42(56)19-21-51-26-31-22-34(23-32(31)27-51)59-45(57)48-37-11-6-5-10-35(37)30-8-3-2-4-9-30/h2-6,8-11,13-18,31-32,34,39,46,52-53H,7,12,19-28H2,1H3,(H,47,54)(H,48,57)(H,49,55). The van der Waals surface area contributed by atoms with Gasteiger partial charge in [-0.25, -0.2) is 4.79 Å². The predicted molar refractivity (Wildman–Crippen MR) is 224 cm³/mol. The number of para-hydroxylation sites is 1. The van der Waals surface area contributed by atoms with Crippen LogP contribution in [0.1, 0.15) is 49.3 Å². The van der Waals surface area contributed by atoms with Crippen LogP contribution in [0.25, 0.3) is 11.1 Å². The quantitative estimate of drug-likeness (QED) is 0.0765. The lowest BCUT2D eigenvalue weighted by Gasteiger charge is -2.24. The lowest BCUT2D eigenvalue weighted by Crippen LogP contribution is -2.33. The Hall–Kier alpha value is -5.96. The van der Waals surface area contributed by atoms with E-state index in [0.717, 1.165) is 48.3 Å². The number of carbonyl (C=O) groups excluding carboxylic acids is 4. The third-order valence-corrected chi connectivity index (χ3v) is 11.3. The monoisotopic (exact) mass is 804 g/mol. The molecule has 1 saturated carbocycles. The largest absolute Gasteiger partial charge is 0.506 e. The summed E-state index contributed by atoms with van der Waals surface area (Å²) in [7, 11) is 1.78. The number of aliphatic hydroxyl groups excluding tert-OH is 1. The van der Waals surface area contributed by atoms with Crippen LogP contribution in [0.3, 0.4) is 0 Å². The zero-order chi connectivity index (χ0) is 41.3. The fraction of sp³-hybridized carbons (Fsp3) is 0.378. The maximum atomic E-state index is 12.9. The van der Waals surface area contributed by atoms with Crippen LogP contribution < -0.4 is 26.0 Å². The van der Waals surface area contributed by atoms with E-state index in [-0.39, 0.29) is 60.6 Å². The van der Waals surface area contributed by atoms with Crippen molar-refractivity contribution in [2.24, 2.45) is 11.8 Å². The Bertz CT molecular complexity index is 2100. The van der Waals surface area contributed by atoms with Gasteiger partial charge in [0.2, 0.25) is 11.8 Å². The number of hydrogen-bond acceptors (Lipinski definition) is 10. The molecule has 2 aliphatic heterocycles. The normalized spacial score (nSPS) is 18.8. The van der Waals surface area contributed by atoms with E-state index in [1.165, 1.54) is 6.07 Å². The molecule has 0 radical (unpaired) electrons. The van der Waals surface area contributed by atoms with Gasteiger partial charge in [-0.1, -0.05) is 60.7 Å². The summed E-state index contributed by atoms with van der Waals surface area (Å²) >= 11 is 0. The number of hydrogen-bond donors (Lipinski definition) is 6. The Morgan fingerprint density at radius 1 is 0.932 bits per heavy atom. The Labute approximate surface area is 343 Å². The number of phenols is 1. The van der Waals surface area contributed by atoms with E-state index in [4.69, 9.17) is 9.47 Å². The first kappa shape index (κ1) is 41.2. The summed E-state index contributed by atoms with van der Waals surface area (Å²) in [6, 6.07) is 28.0. The summed E-state index contributed by atoms with van der Waals surface area (Å²) in [4.78, 5) is 54.1. The van der Waals surface area contributed by atoms with Crippen LogP contribution >= 0.6 is 0 Å². The lowest BCUT2D eigenvalue weighted by atomic mass is 10.0. The highest BCUT2D eigenvalue weighted by molar-refractivity contribution is 5.97. The number of benzene rings is 4. The molecule has 59 heavy (non-hydrogen) atoms. The summed E-state index contributed by atoms with van der Waals surface area (Å²) < 4.78 is 11.3. The third-order valence-electron chi connectivity index (χ3n) is 11.3. The van der Waals surface area contributed by atoms with Gasteiger partial charge in [-0.3, -0.25) is 19.7 Å². The van der Waals surface area contributed by atoms with E-state index < -0.39 is 12.2 Å². The fourth-order valence-electron chi connectivity index (χ4n) is 8.25. The van der Waals surface area contributed by atoms with Crippen molar-refractivity contribution in [2.45, 2.75) is 50.9 Å². The Morgan fingerprint density at radius 3 is 2.42 bits per heavy atom. The highest BCUT2D eigenvalue weighted by Gasteiger charge is 2.42. The number of anilines is 3. The summed E-state index contributed by atoms with van der Waals surface area (Å²) in [5.74, 6) is 0.552. The number of aromatic hydroxyl groups is 1. The van der Waals surface area contributed by atoms with Crippen LogP contribution in [-0.2, 0) is 25.7 Å². The minimum atomic E-state index is -0.939. The molecule has 4 aromatic carbocycles. The molecule has 6 N–H and O–H groups in total. The van der Waals surface area contributed by atoms with Gasteiger partial charge in [0.1, 0.15) is 17.5 Å².